The first kappa shape index (κ1) is 19.8. The maximum atomic E-state index is 13.3. The molecule has 0 aliphatic carbocycles. The number of benzene rings is 2. The van der Waals surface area contributed by atoms with Crippen LogP contribution in [-0.2, 0) is 19.5 Å². The van der Waals surface area contributed by atoms with Crippen LogP contribution < -0.4 is 4.74 Å². The van der Waals surface area contributed by atoms with Crippen molar-refractivity contribution in [1.29, 1.82) is 0 Å². The predicted octanol–water partition coefficient (Wildman–Crippen LogP) is 3.63. The van der Waals surface area contributed by atoms with Crippen LogP contribution in [0.25, 0.3) is 5.69 Å². The maximum absolute atomic E-state index is 13.3. The molecule has 0 radical (unpaired) electrons. The van der Waals surface area contributed by atoms with Crippen molar-refractivity contribution < 1.29 is 13.7 Å². The summed E-state index contributed by atoms with van der Waals surface area (Å²) in [6, 6.07) is 14.1. The molecule has 0 bridgehead atoms. The molecule has 2 aromatic heterocycles. The zero-order chi connectivity index (χ0) is 20.9. The standard InChI is InChI=1S/C22H22FN5O2/c1-27(13-17-12-24-28(14-17)19-7-4-8-20(11-19)29-2)15-22-25-21(26-30-22)10-16-5-3-6-18(23)9-16/h3-9,11-12,14H,10,13,15H2,1-2H3. The van der Waals surface area contributed by atoms with Gasteiger partial charge < -0.3 is 9.26 Å². The molecule has 0 atom stereocenters. The number of rotatable bonds is 8. The molecule has 154 valence electrons. The smallest absolute Gasteiger partial charge is 0.240 e. The van der Waals surface area contributed by atoms with Gasteiger partial charge in [0.15, 0.2) is 5.82 Å². The molecule has 0 fully saturated rings. The third-order valence-electron chi connectivity index (χ3n) is 4.57. The summed E-state index contributed by atoms with van der Waals surface area (Å²) in [6.07, 6.45) is 4.24. The van der Waals surface area contributed by atoms with E-state index in [9.17, 15) is 4.39 Å². The van der Waals surface area contributed by atoms with Gasteiger partial charge >= 0.3 is 0 Å². The Labute approximate surface area is 173 Å². The van der Waals surface area contributed by atoms with Crippen molar-refractivity contribution in [2.24, 2.45) is 0 Å². The van der Waals surface area contributed by atoms with Crippen molar-refractivity contribution >= 4 is 0 Å². The molecule has 0 aliphatic heterocycles. The van der Waals surface area contributed by atoms with Crippen LogP contribution in [0.1, 0.15) is 22.8 Å². The summed E-state index contributed by atoms with van der Waals surface area (Å²) in [5.74, 6) is 1.57. The van der Waals surface area contributed by atoms with Crippen LogP contribution in [0.5, 0.6) is 5.75 Å². The van der Waals surface area contributed by atoms with E-state index in [0.29, 0.717) is 31.2 Å². The topological polar surface area (TPSA) is 69.2 Å². The fourth-order valence-electron chi connectivity index (χ4n) is 3.19. The normalized spacial score (nSPS) is 11.2. The second-order valence-electron chi connectivity index (χ2n) is 7.08. The van der Waals surface area contributed by atoms with Crippen molar-refractivity contribution in [3.8, 4) is 11.4 Å². The largest absolute Gasteiger partial charge is 0.497 e. The molecule has 0 unspecified atom stereocenters. The number of methoxy groups -OCH3 is 1. The summed E-state index contributed by atoms with van der Waals surface area (Å²) in [7, 11) is 3.61. The highest BCUT2D eigenvalue weighted by molar-refractivity contribution is 5.38. The van der Waals surface area contributed by atoms with Crippen molar-refractivity contribution in [1.82, 2.24) is 24.8 Å². The highest BCUT2D eigenvalue weighted by Gasteiger charge is 2.12. The average Bonchev–Trinajstić information content (AvgIpc) is 3.37. The van der Waals surface area contributed by atoms with Gasteiger partial charge in [0.1, 0.15) is 11.6 Å². The number of ether oxygens (including phenoxy) is 1. The van der Waals surface area contributed by atoms with Gasteiger partial charge in [0.2, 0.25) is 5.89 Å². The van der Waals surface area contributed by atoms with Gasteiger partial charge in [-0.05, 0) is 36.9 Å². The second-order valence-corrected chi connectivity index (χ2v) is 7.08. The third kappa shape index (κ3) is 4.90. The Morgan fingerprint density at radius 2 is 1.97 bits per heavy atom. The van der Waals surface area contributed by atoms with Crippen molar-refractivity contribution in [2.75, 3.05) is 14.2 Å². The molecule has 4 rings (SSSR count). The Bertz CT molecular complexity index is 1120. The van der Waals surface area contributed by atoms with Gasteiger partial charge in [-0.15, -0.1) is 0 Å². The zero-order valence-corrected chi connectivity index (χ0v) is 16.8. The number of hydrogen-bond donors (Lipinski definition) is 0. The van der Waals surface area contributed by atoms with E-state index >= 15 is 0 Å². The summed E-state index contributed by atoms with van der Waals surface area (Å²) in [4.78, 5) is 6.47. The van der Waals surface area contributed by atoms with E-state index in [-0.39, 0.29) is 5.82 Å². The lowest BCUT2D eigenvalue weighted by atomic mass is 10.1. The van der Waals surface area contributed by atoms with Crippen LogP contribution in [0.3, 0.4) is 0 Å². The molecule has 8 heteroatoms. The van der Waals surface area contributed by atoms with Crippen molar-refractivity contribution in [2.45, 2.75) is 19.5 Å². The second kappa shape index (κ2) is 8.87. The monoisotopic (exact) mass is 407 g/mol. The fraction of sp³-hybridized carbons (Fsp3) is 0.227. The molecule has 0 spiro atoms. The van der Waals surface area contributed by atoms with E-state index in [1.54, 1.807) is 13.2 Å². The lowest BCUT2D eigenvalue weighted by Crippen LogP contribution is -2.17. The van der Waals surface area contributed by atoms with E-state index in [2.05, 4.69) is 20.1 Å². The van der Waals surface area contributed by atoms with Crippen molar-refractivity contribution in [3.05, 3.63) is 89.6 Å². The van der Waals surface area contributed by atoms with Gasteiger partial charge in [0, 0.05) is 30.8 Å². The van der Waals surface area contributed by atoms with E-state index in [0.717, 1.165) is 22.6 Å². The van der Waals surface area contributed by atoms with E-state index in [1.165, 1.54) is 12.1 Å². The van der Waals surface area contributed by atoms with Gasteiger partial charge in [-0.25, -0.2) is 9.07 Å². The quantitative estimate of drug-likeness (QED) is 0.444. The molecule has 0 amide bonds. The fourth-order valence-corrected chi connectivity index (χ4v) is 3.19. The van der Waals surface area contributed by atoms with Crippen LogP contribution in [0.2, 0.25) is 0 Å². The number of aromatic nitrogens is 4. The lowest BCUT2D eigenvalue weighted by Gasteiger charge is -2.12. The average molecular weight is 407 g/mol. The molecular formula is C22H22FN5O2. The Hall–Kier alpha value is -3.52. The molecule has 0 N–H and O–H groups in total. The first-order valence-corrected chi connectivity index (χ1v) is 9.51. The van der Waals surface area contributed by atoms with Gasteiger partial charge in [0.25, 0.3) is 0 Å². The van der Waals surface area contributed by atoms with Gasteiger partial charge in [-0.3, -0.25) is 4.90 Å². The Morgan fingerprint density at radius 1 is 1.10 bits per heavy atom. The molecule has 0 saturated carbocycles. The van der Waals surface area contributed by atoms with Crippen LogP contribution in [0.4, 0.5) is 4.39 Å². The van der Waals surface area contributed by atoms with E-state index in [1.807, 2.05) is 54.5 Å². The molecule has 30 heavy (non-hydrogen) atoms. The molecule has 7 nitrogen and oxygen atoms in total. The highest BCUT2D eigenvalue weighted by atomic mass is 19.1. The first-order chi connectivity index (χ1) is 14.6. The molecule has 0 aliphatic rings. The SMILES string of the molecule is COc1cccc(-n2cc(CN(C)Cc3nc(Cc4cccc(F)c4)no3)cn2)c1. The highest BCUT2D eigenvalue weighted by Crippen LogP contribution is 2.17. The van der Waals surface area contributed by atoms with E-state index < -0.39 is 0 Å². The number of nitrogens with zero attached hydrogens (tertiary/aromatic N) is 5. The summed E-state index contributed by atoms with van der Waals surface area (Å²) >= 11 is 0. The van der Waals surface area contributed by atoms with Crippen molar-refractivity contribution in [3.63, 3.8) is 0 Å². The summed E-state index contributed by atoms with van der Waals surface area (Å²) < 4.78 is 25.7. The van der Waals surface area contributed by atoms with Crippen LogP contribution in [0, 0.1) is 5.82 Å². The molecule has 4 aromatic rings. The number of halogens is 1. The summed E-state index contributed by atoms with van der Waals surface area (Å²) in [5.41, 5.74) is 2.79. The lowest BCUT2D eigenvalue weighted by molar-refractivity contribution is 0.260. The molecular weight excluding hydrogens is 385 g/mol. The molecule has 2 aromatic carbocycles. The Balaban J connectivity index is 1.35. The minimum atomic E-state index is -0.273. The summed E-state index contributed by atoms with van der Waals surface area (Å²) in [5, 5.41) is 8.43. The van der Waals surface area contributed by atoms with E-state index in [4.69, 9.17) is 9.26 Å². The first-order valence-electron chi connectivity index (χ1n) is 9.51. The minimum Gasteiger partial charge on any atom is -0.497 e. The zero-order valence-electron chi connectivity index (χ0n) is 16.8. The van der Waals surface area contributed by atoms with Crippen LogP contribution in [-0.4, -0.2) is 39.0 Å². The number of hydrogen-bond acceptors (Lipinski definition) is 6. The van der Waals surface area contributed by atoms with Gasteiger partial charge in [-0.2, -0.15) is 10.1 Å². The maximum Gasteiger partial charge on any atom is 0.240 e. The Kier molecular flexibility index (Phi) is 5.85. The van der Waals surface area contributed by atoms with Crippen LogP contribution >= 0.6 is 0 Å². The Morgan fingerprint density at radius 3 is 2.80 bits per heavy atom. The molecule has 2 heterocycles. The summed E-state index contributed by atoms with van der Waals surface area (Å²) in [6.45, 7) is 1.17. The van der Waals surface area contributed by atoms with Gasteiger partial charge in [0.05, 0.1) is 25.5 Å². The van der Waals surface area contributed by atoms with Crippen LogP contribution in [0.15, 0.2) is 65.4 Å². The van der Waals surface area contributed by atoms with Gasteiger partial charge in [-0.1, -0.05) is 23.4 Å². The minimum absolute atomic E-state index is 0.273. The third-order valence-corrected chi connectivity index (χ3v) is 4.57. The predicted molar refractivity (Wildman–Crippen MR) is 109 cm³/mol. The molecule has 0 saturated heterocycles.